The Morgan fingerprint density at radius 1 is 1.36 bits per heavy atom. The number of benzene rings is 1. The van der Waals surface area contributed by atoms with E-state index in [-0.39, 0.29) is 11.7 Å². The Kier molecular flexibility index (Phi) is 2.94. The summed E-state index contributed by atoms with van der Waals surface area (Å²) in [6.45, 7) is 4.49. The van der Waals surface area contributed by atoms with Gasteiger partial charge in [-0.25, -0.2) is 0 Å². The van der Waals surface area contributed by atoms with E-state index < -0.39 is 0 Å². The van der Waals surface area contributed by atoms with Crippen molar-refractivity contribution in [2.24, 2.45) is 0 Å². The minimum atomic E-state index is 0.0130. The van der Waals surface area contributed by atoms with Crippen LogP contribution in [0.15, 0.2) is 18.2 Å². The molecule has 1 aliphatic carbocycles. The summed E-state index contributed by atoms with van der Waals surface area (Å²) in [5, 5.41) is 0. The van der Waals surface area contributed by atoms with Gasteiger partial charge in [-0.05, 0) is 43.4 Å². The van der Waals surface area contributed by atoms with Crippen LogP contribution in [-0.4, -0.2) is 22.6 Å². The quantitative estimate of drug-likeness (QED) is 0.810. The first-order valence-electron chi connectivity index (χ1n) is 7.48. The second-order valence-corrected chi connectivity index (χ2v) is 6.99. The van der Waals surface area contributed by atoms with Gasteiger partial charge in [0.05, 0.1) is 11.3 Å². The number of hydrogen-bond acceptors (Lipinski definition) is 4. The molecule has 0 radical (unpaired) electrons. The van der Waals surface area contributed by atoms with E-state index in [4.69, 9.17) is 0 Å². The molecule has 1 aromatic heterocycles. The van der Waals surface area contributed by atoms with Crippen molar-refractivity contribution in [3.05, 3.63) is 45.5 Å². The molecule has 0 saturated carbocycles. The maximum Gasteiger partial charge on any atom is 0.261 e. The second-order valence-electron chi connectivity index (χ2n) is 6.01. The molecule has 1 unspecified atom stereocenters. The number of ketones is 1. The minimum Gasteiger partial charge on any atom is -0.307 e. The lowest BCUT2D eigenvalue weighted by Crippen LogP contribution is -2.30. The number of hydrogen-bond donors (Lipinski definition) is 0. The SMILES string of the molecule is Cc1nsc(C)c1C(=O)N1CC2CCC(=O)c3cccc1c32. The molecule has 4 nitrogen and oxygen atoms in total. The Morgan fingerprint density at radius 3 is 2.91 bits per heavy atom. The molecule has 0 N–H and O–H groups in total. The van der Waals surface area contributed by atoms with Gasteiger partial charge in [-0.2, -0.15) is 4.37 Å². The van der Waals surface area contributed by atoms with Crippen LogP contribution < -0.4 is 4.90 Å². The smallest absolute Gasteiger partial charge is 0.261 e. The van der Waals surface area contributed by atoms with Gasteiger partial charge in [-0.15, -0.1) is 0 Å². The zero-order valence-electron chi connectivity index (χ0n) is 12.5. The average molecular weight is 312 g/mol. The molecule has 112 valence electrons. The predicted molar refractivity (Wildman–Crippen MR) is 86.0 cm³/mol. The zero-order chi connectivity index (χ0) is 15.4. The molecule has 0 saturated heterocycles. The summed E-state index contributed by atoms with van der Waals surface area (Å²) in [4.78, 5) is 27.9. The van der Waals surface area contributed by atoms with Gasteiger partial charge in [0.15, 0.2) is 5.78 Å². The molecule has 1 amide bonds. The van der Waals surface area contributed by atoms with Crippen LogP contribution in [0, 0.1) is 13.8 Å². The van der Waals surface area contributed by atoms with E-state index in [1.165, 1.54) is 11.5 Å². The lowest BCUT2D eigenvalue weighted by atomic mass is 9.83. The van der Waals surface area contributed by atoms with E-state index in [1.807, 2.05) is 36.9 Å². The van der Waals surface area contributed by atoms with Crippen LogP contribution >= 0.6 is 11.5 Å². The van der Waals surface area contributed by atoms with E-state index >= 15 is 0 Å². The minimum absolute atomic E-state index is 0.0130. The molecule has 1 aliphatic heterocycles. The van der Waals surface area contributed by atoms with Gasteiger partial charge >= 0.3 is 0 Å². The van der Waals surface area contributed by atoms with Crippen molar-refractivity contribution in [3.8, 4) is 0 Å². The molecule has 1 atom stereocenters. The number of aryl methyl sites for hydroxylation is 2. The zero-order valence-corrected chi connectivity index (χ0v) is 13.4. The summed E-state index contributed by atoms with van der Waals surface area (Å²) >= 11 is 1.37. The van der Waals surface area contributed by atoms with Crippen LogP contribution in [-0.2, 0) is 0 Å². The van der Waals surface area contributed by atoms with Crippen molar-refractivity contribution in [2.45, 2.75) is 32.6 Å². The van der Waals surface area contributed by atoms with Gasteiger partial charge in [0.2, 0.25) is 0 Å². The second kappa shape index (κ2) is 4.74. The predicted octanol–water partition coefficient (Wildman–Crippen LogP) is 3.48. The monoisotopic (exact) mass is 312 g/mol. The fourth-order valence-corrected chi connectivity index (χ4v) is 4.35. The lowest BCUT2D eigenvalue weighted by Gasteiger charge is -2.18. The molecule has 1 aromatic carbocycles. The average Bonchev–Trinajstić information content (AvgIpc) is 3.05. The molecule has 5 heteroatoms. The van der Waals surface area contributed by atoms with E-state index in [1.54, 1.807) is 0 Å². The number of carbonyl (C=O) groups excluding carboxylic acids is 2. The van der Waals surface area contributed by atoms with Crippen LogP contribution in [0.5, 0.6) is 0 Å². The van der Waals surface area contributed by atoms with Gasteiger partial charge in [0.1, 0.15) is 0 Å². The standard InChI is InChI=1S/C17H16N2O2S/c1-9-15(10(2)22-18-9)17(21)19-8-11-6-7-14(20)12-4-3-5-13(19)16(11)12/h3-5,11H,6-8H2,1-2H3. The van der Waals surface area contributed by atoms with Gasteiger partial charge in [-0.3, -0.25) is 9.59 Å². The number of Topliss-reactive ketones (excluding diaryl/α,β-unsaturated/α-hetero) is 1. The fraction of sp³-hybridized carbons (Fsp3) is 0.353. The molecular formula is C17H16N2O2S. The molecule has 2 aromatic rings. The fourth-order valence-electron chi connectivity index (χ4n) is 3.66. The summed E-state index contributed by atoms with van der Waals surface area (Å²) in [6, 6.07) is 5.73. The molecule has 4 rings (SSSR count). The van der Waals surface area contributed by atoms with Crippen LogP contribution in [0.2, 0.25) is 0 Å². The highest BCUT2D eigenvalue weighted by Crippen LogP contribution is 2.45. The summed E-state index contributed by atoms with van der Waals surface area (Å²) in [5.74, 6) is 0.506. The summed E-state index contributed by atoms with van der Waals surface area (Å²) in [7, 11) is 0. The van der Waals surface area contributed by atoms with Crippen LogP contribution in [0.1, 0.15) is 55.6 Å². The highest BCUT2D eigenvalue weighted by atomic mass is 32.1. The lowest BCUT2D eigenvalue weighted by molar-refractivity contribution is 0.0968. The first-order chi connectivity index (χ1) is 10.6. The third-order valence-electron chi connectivity index (χ3n) is 4.70. The first-order valence-corrected chi connectivity index (χ1v) is 8.26. The number of aromatic nitrogens is 1. The van der Waals surface area contributed by atoms with E-state index in [9.17, 15) is 9.59 Å². The molecule has 0 spiro atoms. The Morgan fingerprint density at radius 2 is 2.18 bits per heavy atom. The van der Waals surface area contributed by atoms with Crippen LogP contribution in [0.4, 0.5) is 5.69 Å². The highest BCUT2D eigenvalue weighted by Gasteiger charge is 2.39. The molecule has 2 heterocycles. The van der Waals surface area contributed by atoms with Crippen molar-refractivity contribution in [1.29, 1.82) is 0 Å². The van der Waals surface area contributed by atoms with E-state index in [0.29, 0.717) is 24.4 Å². The van der Waals surface area contributed by atoms with Gasteiger partial charge < -0.3 is 4.90 Å². The summed E-state index contributed by atoms with van der Waals surface area (Å²) < 4.78 is 4.29. The van der Waals surface area contributed by atoms with Gasteiger partial charge in [0.25, 0.3) is 5.91 Å². The number of rotatable bonds is 1. The maximum absolute atomic E-state index is 13.0. The highest BCUT2D eigenvalue weighted by molar-refractivity contribution is 7.06. The maximum atomic E-state index is 13.0. The Bertz CT molecular complexity index is 789. The normalized spacial score (nSPS) is 19.5. The van der Waals surface area contributed by atoms with E-state index in [2.05, 4.69) is 4.37 Å². The first kappa shape index (κ1) is 13.6. The Balaban J connectivity index is 1.82. The Hall–Kier alpha value is -2.01. The molecule has 0 fully saturated rings. The van der Waals surface area contributed by atoms with Crippen molar-refractivity contribution < 1.29 is 9.59 Å². The number of anilines is 1. The van der Waals surface area contributed by atoms with Crippen molar-refractivity contribution in [3.63, 3.8) is 0 Å². The van der Waals surface area contributed by atoms with Crippen LogP contribution in [0.25, 0.3) is 0 Å². The number of nitrogens with zero attached hydrogens (tertiary/aromatic N) is 2. The Labute approximate surface area is 132 Å². The van der Waals surface area contributed by atoms with Crippen molar-refractivity contribution in [1.82, 2.24) is 4.37 Å². The number of amides is 1. The van der Waals surface area contributed by atoms with Gasteiger partial charge in [-0.1, -0.05) is 12.1 Å². The largest absolute Gasteiger partial charge is 0.307 e. The van der Waals surface area contributed by atoms with Crippen molar-refractivity contribution >= 4 is 28.9 Å². The number of carbonyl (C=O) groups is 2. The molecule has 2 aliphatic rings. The topological polar surface area (TPSA) is 50.3 Å². The summed E-state index contributed by atoms with van der Waals surface area (Å²) in [6.07, 6.45) is 1.42. The van der Waals surface area contributed by atoms with E-state index in [0.717, 1.165) is 33.8 Å². The van der Waals surface area contributed by atoms with Crippen molar-refractivity contribution in [2.75, 3.05) is 11.4 Å². The van der Waals surface area contributed by atoms with Crippen LogP contribution in [0.3, 0.4) is 0 Å². The molecular weight excluding hydrogens is 296 g/mol. The summed E-state index contributed by atoms with van der Waals surface area (Å²) in [5.41, 5.74) is 4.30. The van der Waals surface area contributed by atoms with Gasteiger partial charge in [0, 0.05) is 35.0 Å². The third kappa shape index (κ3) is 1.78. The molecule has 0 bridgehead atoms. The third-order valence-corrected chi connectivity index (χ3v) is 5.54. The molecule has 22 heavy (non-hydrogen) atoms.